The lowest BCUT2D eigenvalue weighted by atomic mass is 9.81. The monoisotopic (exact) mass is 424 g/mol. The van der Waals surface area contributed by atoms with Gasteiger partial charge in [0, 0.05) is 5.92 Å². The van der Waals surface area contributed by atoms with Crippen molar-refractivity contribution in [3.63, 3.8) is 0 Å². The smallest absolute Gasteiger partial charge is 0.408 e. The van der Waals surface area contributed by atoms with Gasteiger partial charge in [-0.1, -0.05) is 67.1 Å². The third kappa shape index (κ3) is 5.49. The maximum absolute atomic E-state index is 13.4. The van der Waals surface area contributed by atoms with E-state index in [0.29, 0.717) is 19.3 Å². The van der Waals surface area contributed by atoms with E-state index in [-0.39, 0.29) is 18.8 Å². The molecule has 0 aliphatic heterocycles. The van der Waals surface area contributed by atoms with Crippen LogP contribution in [0, 0.1) is 5.92 Å². The first kappa shape index (κ1) is 22.5. The van der Waals surface area contributed by atoms with Gasteiger partial charge in [-0.3, -0.25) is 9.59 Å². The molecule has 164 valence electrons. The number of methoxy groups -OCH3 is 1. The number of nitrogens with one attached hydrogen (secondary N) is 1. The number of ketones is 1. The number of amides is 1. The van der Waals surface area contributed by atoms with Gasteiger partial charge in [0.2, 0.25) is 0 Å². The van der Waals surface area contributed by atoms with E-state index in [4.69, 9.17) is 15.2 Å². The fourth-order valence-electron chi connectivity index (χ4n) is 4.08. The van der Waals surface area contributed by atoms with Crippen LogP contribution < -0.4 is 11.1 Å². The standard InChI is InChI=1S/C24H28N2O5/c1-30-22(28)24(25)14-8-13-19(24)21(27)20(15-17-9-4-2-5-10-17)26-23(29)31-16-18-11-6-3-7-12-18/h2-7,9-12,19-20H,8,13-16,25H2,1H3,(H,26,29)/t19?,20-,24?/m1/s1. The number of carbonyl (C=O) groups excluding carboxylic acids is 3. The van der Waals surface area contributed by atoms with Gasteiger partial charge < -0.3 is 20.5 Å². The van der Waals surface area contributed by atoms with Crippen LogP contribution in [0.5, 0.6) is 0 Å². The van der Waals surface area contributed by atoms with Gasteiger partial charge in [-0.05, 0) is 30.4 Å². The van der Waals surface area contributed by atoms with E-state index in [1.807, 2.05) is 60.7 Å². The van der Waals surface area contributed by atoms with Crippen LogP contribution in [0.4, 0.5) is 4.79 Å². The lowest BCUT2D eigenvalue weighted by molar-refractivity contribution is -0.151. The van der Waals surface area contributed by atoms with Crippen molar-refractivity contribution in [3.8, 4) is 0 Å². The van der Waals surface area contributed by atoms with Crippen molar-refractivity contribution in [2.24, 2.45) is 11.7 Å². The van der Waals surface area contributed by atoms with Crippen LogP contribution in [0.2, 0.25) is 0 Å². The van der Waals surface area contributed by atoms with E-state index in [1.54, 1.807) is 0 Å². The van der Waals surface area contributed by atoms with Crippen molar-refractivity contribution < 1.29 is 23.9 Å². The van der Waals surface area contributed by atoms with Gasteiger partial charge in [-0.15, -0.1) is 0 Å². The van der Waals surface area contributed by atoms with Crippen molar-refractivity contribution in [1.82, 2.24) is 5.32 Å². The third-order valence-corrected chi connectivity index (χ3v) is 5.74. The summed E-state index contributed by atoms with van der Waals surface area (Å²) in [4.78, 5) is 38.2. The molecule has 0 saturated heterocycles. The Kier molecular flexibility index (Phi) is 7.41. The first-order valence-corrected chi connectivity index (χ1v) is 10.4. The van der Waals surface area contributed by atoms with Crippen LogP contribution in [0.1, 0.15) is 30.4 Å². The van der Waals surface area contributed by atoms with Gasteiger partial charge in [-0.2, -0.15) is 0 Å². The summed E-state index contributed by atoms with van der Waals surface area (Å²) in [5.41, 5.74) is 6.65. The van der Waals surface area contributed by atoms with E-state index in [0.717, 1.165) is 11.1 Å². The lowest BCUT2D eigenvalue weighted by Crippen LogP contribution is -2.57. The molecule has 0 aromatic heterocycles. The molecule has 1 aliphatic carbocycles. The molecule has 3 rings (SSSR count). The molecular formula is C24H28N2O5. The lowest BCUT2D eigenvalue weighted by Gasteiger charge is -2.30. The van der Waals surface area contributed by atoms with E-state index in [9.17, 15) is 14.4 Å². The number of nitrogens with two attached hydrogens (primary N) is 1. The number of carbonyl (C=O) groups is 3. The number of rotatable bonds is 8. The van der Waals surface area contributed by atoms with Gasteiger partial charge in [0.15, 0.2) is 5.78 Å². The first-order chi connectivity index (χ1) is 14.9. The molecule has 2 aromatic carbocycles. The highest BCUT2D eigenvalue weighted by Gasteiger charge is 2.51. The predicted octanol–water partition coefficient (Wildman–Crippen LogP) is 2.76. The molecule has 0 radical (unpaired) electrons. The molecule has 1 amide bonds. The molecule has 0 heterocycles. The highest BCUT2D eigenvalue weighted by Crippen LogP contribution is 2.36. The second-order valence-electron chi connectivity index (χ2n) is 7.83. The molecule has 1 saturated carbocycles. The molecule has 0 spiro atoms. The molecule has 3 N–H and O–H groups in total. The van der Waals surface area contributed by atoms with Crippen molar-refractivity contribution in [2.75, 3.05) is 7.11 Å². The minimum absolute atomic E-state index is 0.0886. The zero-order valence-corrected chi connectivity index (χ0v) is 17.6. The van der Waals surface area contributed by atoms with Crippen molar-refractivity contribution in [3.05, 3.63) is 71.8 Å². The van der Waals surface area contributed by atoms with Gasteiger partial charge in [0.1, 0.15) is 12.1 Å². The second kappa shape index (κ2) is 10.2. The molecule has 7 heteroatoms. The normalized spacial score (nSPS) is 21.2. The Morgan fingerprint density at radius 2 is 1.68 bits per heavy atom. The Morgan fingerprint density at radius 3 is 2.29 bits per heavy atom. The molecule has 31 heavy (non-hydrogen) atoms. The Labute approximate surface area is 181 Å². The quantitative estimate of drug-likeness (QED) is 0.631. The average Bonchev–Trinajstić information content (AvgIpc) is 3.20. The van der Waals surface area contributed by atoms with E-state index in [1.165, 1.54) is 7.11 Å². The molecule has 2 aromatic rings. The summed E-state index contributed by atoms with van der Waals surface area (Å²) >= 11 is 0. The van der Waals surface area contributed by atoms with Crippen LogP contribution in [0.15, 0.2) is 60.7 Å². The summed E-state index contributed by atoms with van der Waals surface area (Å²) in [6.07, 6.45) is 1.05. The number of ether oxygens (including phenoxy) is 2. The Balaban J connectivity index is 1.75. The van der Waals surface area contributed by atoms with Gasteiger partial charge >= 0.3 is 12.1 Å². The van der Waals surface area contributed by atoms with Crippen LogP contribution in [-0.4, -0.2) is 36.5 Å². The molecule has 1 fully saturated rings. The van der Waals surface area contributed by atoms with Gasteiger partial charge in [-0.25, -0.2) is 4.79 Å². The number of esters is 1. The Morgan fingerprint density at radius 1 is 1.06 bits per heavy atom. The highest BCUT2D eigenvalue weighted by atomic mass is 16.5. The average molecular weight is 424 g/mol. The van der Waals surface area contributed by atoms with Crippen LogP contribution >= 0.6 is 0 Å². The molecular weight excluding hydrogens is 396 g/mol. The topological polar surface area (TPSA) is 108 Å². The van der Waals surface area contributed by atoms with Gasteiger partial charge in [0.05, 0.1) is 13.2 Å². The summed E-state index contributed by atoms with van der Waals surface area (Å²) in [6, 6.07) is 17.8. The predicted molar refractivity (Wildman–Crippen MR) is 115 cm³/mol. The minimum atomic E-state index is -1.38. The largest absolute Gasteiger partial charge is 0.468 e. The van der Waals surface area contributed by atoms with Crippen molar-refractivity contribution in [2.45, 2.75) is 43.9 Å². The summed E-state index contributed by atoms with van der Waals surface area (Å²) < 4.78 is 10.2. The summed E-state index contributed by atoms with van der Waals surface area (Å²) in [5, 5.41) is 2.69. The molecule has 1 aliphatic rings. The van der Waals surface area contributed by atoms with Crippen molar-refractivity contribution in [1.29, 1.82) is 0 Å². The fraction of sp³-hybridized carbons (Fsp3) is 0.375. The zero-order chi connectivity index (χ0) is 22.3. The fourth-order valence-corrected chi connectivity index (χ4v) is 4.08. The van der Waals surface area contributed by atoms with Crippen LogP contribution in [0.3, 0.4) is 0 Å². The zero-order valence-electron chi connectivity index (χ0n) is 17.6. The Hall–Kier alpha value is -3.19. The highest BCUT2D eigenvalue weighted by molar-refractivity contribution is 5.96. The Bertz CT molecular complexity index is 903. The maximum atomic E-state index is 13.4. The number of benzene rings is 2. The second-order valence-corrected chi connectivity index (χ2v) is 7.83. The minimum Gasteiger partial charge on any atom is -0.468 e. The number of alkyl carbamates (subject to hydrolysis) is 1. The first-order valence-electron chi connectivity index (χ1n) is 10.4. The van der Waals surface area contributed by atoms with Crippen LogP contribution in [0.25, 0.3) is 0 Å². The van der Waals surface area contributed by atoms with Gasteiger partial charge in [0.25, 0.3) is 0 Å². The summed E-state index contributed by atoms with van der Waals surface area (Å²) in [5.74, 6) is -1.62. The SMILES string of the molecule is COC(=O)C1(N)CCCC1C(=O)[C@@H](Cc1ccccc1)NC(=O)OCc1ccccc1. The number of Topliss-reactive ketones (excluding diaryl/α,β-unsaturated/α-hetero) is 1. The molecule has 7 nitrogen and oxygen atoms in total. The molecule has 3 atom stereocenters. The van der Waals surface area contributed by atoms with E-state index in [2.05, 4.69) is 5.32 Å². The molecule has 2 unspecified atom stereocenters. The van der Waals surface area contributed by atoms with Crippen molar-refractivity contribution >= 4 is 17.8 Å². The number of hydrogen-bond acceptors (Lipinski definition) is 6. The summed E-state index contributed by atoms with van der Waals surface area (Å²) in [6.45, 7) is 0.0886. The van der Waals surface area contributed by atoms with E-state index >= 15 is 0 Å². The van der Waals surface area contributed by atoms with Crippen LogP contribution in [-0.2, 0) is 32.1 Å². The van der Waals surface area contributed by atoms with E-state index < -0.39 is 29.6 Å². The summed E-state index contributed by atoms with van der Waals surface area (Å²) in [7, 11) is 1.26. The number of hydrogen-bond donors (Lipinski definition) is 2. The molecule has 0 bridgehead atoms. The maximum Gasteiger partial charge on any atom is 0.408 e. The third-order valence-electron chi connectivity index (χ3n) is 5.74.